The molecular weight excluding hydrogens is 372 g/mol. The molecule has 5 nitrogen and oxygen atoms in total. The molecule has 28 heavy (non-hydrogen) atoms. The Morgan fingerprint density at radius 2 is 1.50 bits per heavy atom. The predicted molar refractivity (Wildman–Crippen MR) is 109 cm³/mol. The lowest BCUT2D eigenvalue weighted by atomic mass is 9.49. The van der Waals surface area contributed by atoms with Crippen LogP contribution in [0, 0.1) is 23.2 Å². The molecule has 0 radical (unpaired) electrons. The Balaban J connectivity index is 1.39. The molecule has 0 aliphatic heterocycles. The average Bonchev–Trinajstić information content (AvgIpc) is 2.57. The Morgan fingerprint density at radius 3 is 1.96 bits per heavy atom. The van der Waals surface area contributed by atoms with Crippen LogP contribution >= 0.6 is 0 Å². The van der Waals surface area contributed by atoms with Crippen molar-refractivity contribution in [3.8, 4) is 0 Å². The highest BCUT2D eigenvalue weighted by atomic mass is 32.2. The van der Waals surface area contributed by atoms with Crippen LogP contribution in [0.25, 0.3) is 0 Å². The zero-order valence-corrected chi connectivity index (χ0v) is 17.9. The highest BCUT2D eigenvalue weighted by molar-refractivity contribution is 7.89. The third-order valence-corrected chi connectivity index (χ3v) is 8.43. The Hall–Kier alpha value is -1.40. The molecule has 0 unspecified atom stereocenters. The molecule has 5 rings (SSSR count). The lowest BCUT2D eigenvalue weighted by Gasteiger charge is -2.56. The van der Waals surface area contributed by atoms with Crippen molar-refractivity contribution in [3.05, 3.63) is 29.8 Å². The summed E-state index contributed by atoms with van der Waals surface area (Å²) in [5.74, 6) is 2.48. The quantitative estimate of drug-likeness (QED) is 0.785. The molecule has 0 spiro atoms. The number of hydrogen-bond acceptors (Lipinski definition) is 3. The van der Waals surface area contributed by atoms with Gasteiger partial charge in [0.1, 0.15) is 0 Å². The van der Waals surface area contributed by atoms with Gasteiger partial charge < -0.3 is 5.32 Å². The molecule has 0 saturated heterocycles. The van der Waals surface area contributed by atoms with E-state index in [0.717, 1.165) is 24.3 Å². The summed E-state index contributed by atoms with van der Waals surface area (Å²) in [6.45, 7) is 6.16. The van der Waals surface area contributed by atoms with Crippen molar-refractivity contribution in [3.63, 3.8) is 0 Å². The van der Waals surface area contributed by atoms with Crippen molar-refractivity contribution in [2.24, 2.45) is 23.2 Å². The maximum Gasteiger partial charge on any atom is 0.251 e. The van der Waals surface area contributed by atoms with E-state index in [-0.39, 0.29) is 10.8 Å². The van der Waals surface area contributed by atoms with E-state index in [1.165, 1.54) is 50.7 Å². The summed E-state index contributed by atoms with van der Waals surface area (Å²) >= 11 is 0. The second-order valence-corrected chi connectivity index (χ2v) is 12.2. The van der Waals surface area contributed by atoms with Gasteiger partial charge in [-0.3, -0.25) is 4.79 Å². The zero-order chi connectivity index (χ0) is 20.2. The SMILES string of the molecule is CC(C)(C)NS(=O)(=O)c1ccc(C(=O)NCC23CC4CC(CC(C4)C2)C3)cc1. The van der Waals surface area contributed by atoms with Crippen molar-refractivity contribution in [2.45, 2.75) is 69.7 Å². The normalized spacial score (nSPS) is 31.8. The maximum atomic E-state index is 12.7. The van der Waals surface area contributed by atoms with Crippen LogP contribution in [0.1, 0.15) is 69.7 Å². The molecule has 1 aromatic carbocycles. The number of sulfonamides is 1. The highest BCUT2D eigenvalue weighted by Crippen LogP contribution is 2.59. The smallest absolute Gasteiger partial charge is 0.251 e. The molecule has 0 atom stereocenters. The van der Waals surface area contributed by atoms with E-state index in [4.69, 9.17) is 0 Å². The fourth-order valence-electron chi connectivity index (χ4n) is 6.12. The Labute approximate surface area is 168 Å². The molecule has 154 valence electrons. The summed E-state index contributed by atoms with van der Waals surface area (Å²) in [5.41, 5.74) is 0.260. The molecule has 0 aromatic heterocycles. The number of benzene rings is 1. The first-order chi connectivity index (χ1) is 13.0. The van der Waals surface area contributed by atoms with Crippen molar-refractivity contribution in [1.82, 2.24) is 10.0 Å². The number of carbonyl (C=O) groups is 1. The van der Waals surface area contributed by atoms with E-state index >= 15 is 0 Å². The first-order valence-electron chi connectivity index (χ1n) is 10.5. The first kappa shape index (κ1) is 19.9. The van der Waals surface area contributed by atoms with Crippen LogP contribution in [0.3, 0.4) is 0 Å². The van der Waals surface area contributed by atoms with Gasteiger partial charge in [-0.25, -0.2) is 13.1 Å². The third-order valence-electron chi connectivity index (χ3n) is 6.66. The number of hydrogen-bond donors (Lipinski definition) is 2. The standard InChI is InChI=1S/C22H32N2O3S/c1-21(2,3)24-28(26,27)19-6-4-18(5-7-19)20(25)23-14-22-11-15-8-16(12-22)10-17(9-15)13-22/h4-7,15-17,24H,8-14H2,1-3H3,(H,23,25). The monoisotopic (exact) mass is 404 g/mol. The van der Waals surface area contributed by atoms with E-state index in [1.807, 2.05) is 0 Å². The van der Waals surface area contributed by atoms with Gasteiger partial charge in [-0.2, -0.15) is 0 Å². The molecule has 1 amide bonds. The number of amides is 1. The lowest BCUT2D eigenvalue weighted by Crippen LogP contribution is -2.51. The van der Waals surface area contributed by atoms with Crippen molar-refractivity contribution in [2.75, 3.05) is 6.54 Å². The van der Waals surface area contributed by atoms with Gasteiger partial charge in [0.2, 0.25) is 10.0 Å². The molecule has 4 saturated carbocycles. The Bertz CT molecular complexity index is 817. The topological polar surface area (TPSA) is 75.3 Å². The van der Waals surface area contributed by atoms with Gasteiger partial charge in [0.15, 0.2) is 0 Å². The fourth-order valence-corrected chi connectivity index (χ4v) is 7.54. The minimum atomic E-state index is -3.59. The van der Waals surface area contributed by atoms with Crippen LogP contribution in [-0.4, -0.2) is 26.4 Å². The van der Waals surface area contributed by atoms with Crippen molar-refractivity contribution in [1.29, 1.82) is 0 Å². The number of carbonyl (C=O) groups excluding carboxylic acids is 1. The van der Waals surface area contributed by atoms with Crippen LogP contribution in [0.2, 0.25) is 0 Å². The maximum absolute atomic E-state index is 12.7. The van der Waals surface area contributed by atoms with Gasteiger partial charge in [0, 0.05) is 17.6 Å². The molecule has 6 heteroatoms. The van der Waals surface area contributed by atoms with Crippen molar-refractivity contribution < 1.29 is 13.2 Å². The summed E-state index contributed by atoms with van der Waals surface area (Å²) < 4.78 is 27.4. The molecule has 0 heterocycles. The molecule has 1 aromatic rings. The van der Waals surface area contributed by atoms with Gasteiger partial charge in [-0.05, 0) is 107 Å². The van der Waals surface area contributed by atoms with Crippen LogP contribution in [0.15, 0.2) is 29.2 Å². The van der Waals surface area contributed by atoms with Gasteiger partial charge >= 0.3 is 0 Å². The molecule has 4 aliphatic carbocycles. The molecular formula is C22H32N2O3S. The van der Waals surface area contributed by atoms with Crippen LogP contribution in [-0.2, 0) is 10.0 Å². The molecule has 4 fully saturated rings. The van der Waals surface area contributed by atoms with E-state index in [1.54, 1.807) is 32.9 Å². The van der Waals surface area contributed by atoms with Gasteiger partial charge in [-0.1, -0.05) is 0 Å². The van der Waals surface area contributed by atoms with E-state index in [9.17, 15) is 13.2 Å². The van der Waals surface area contributed by atoms with Gasteiger partial charge in [-0.15, -0.1) is 0 Å². The van der Waals surface area contributed by atoms with Crippen LogP contribution < -0.4 is 10.0 Å². The summed E-state index contributed by atoms with van der Waals surface area (Å²) in [4.78, 5) is 12.8. The number of rotatable bonds is 5. The van der Waals surface area contributed by atoms with Crippen molar-refractivity contribution >= 4 is 15.9 Å². The molecule has 2 N–H and O–H groups in total. The Kier molecular flexibility index (Phi) is 4.86. The summed E-state index contributed by atoms with van der Waals surface area (Å²) in [5, 5.41) is 3.15. The fraction of sp³-hybridized carbons (Fsp3) is 0.682. The second kappa shape index (κ2) is 6.84. The summed E-state index contributed by atoms with van der Waals surface area (Å²) in [6.07, 6.45) is 7.96. The lowest BCUT2D eigenvalue weighted by molar-refractivity contribution is -0.0503. The largest absolute Gasteiger partial charge is 0.351 e. The Morgan fingerprint density at radius 1 is 1.00 bits per heavy atom. The average molecular weight is 405 g/mol. The highest BCUT2D eigenvalue weighted by Gasteiger charge is 2.50. The first-order valence-corrected chi connectivity index (χ1v) is 11.9. The predicted octanol–water partition coefficient (Wildman–Crippen LogP) is 3.71. The van der Waals surface area contributed by atoms with Crippen LogP contribution in [0.4, 0.5) is 0 Å². The van der Waals surface area contributed by atoms with Crippen LogP contribution in [0.5, 0.6) is 0 Å². The van der Waals surface area contributed by atoms with E-state index < -0.39 is 15.6 Å². The summed E-state index contributed by atoms with van der Waals surface area (Å²) in [6, 6.07) is 6.22. The van der Waals surface area contributed by atoms with E-state index in [0.29, 0.717) is 11.0 Å². The van der Waals surface area contributed by atoms with E-state index in [2.05, 4.69) is 10.0 Å². The minimum Gasteiger partial charge on any atom is -0.351 e. The number of nitrogens with one attached hydrogen (secondary N) is 2. The van der Waals surface area contributed by atoms with Gasteiger partial charge in [0.25, 0.3) is 5.91 Å². The minimum absolute atomic E-state index is 0.108. The second-order valence-electron chi connectivity index (χ2n) is 10.5. The summed E-state index contributed by atoms with van der Waals surface area (Å²) in [7, 11) is -3.59. The zero-order valence-electron chi connectivity index (χ0n) is 17.1. The molecule has 4 bridgehead atoms. The van der Waals surface area contributed by atoms with Gasteiger partial charge in [0.05, 0.1) is 4.90 Å². The third kappa shape index (κ3) is 4.13. The molecule has 4 aliphatic rings.